The molecular formula is C21H23N7O. The molecule has 1 aromatic carbocycles. The van der Waals surface area contributed by atoms with Crippen molar-refractivity contribution in [3.63, 3.8) is 0 Å². The molecule has 1 aliphatic rings. The molecule has 1 aliphatic heterocycles. The molecular weight excluding hydrogens is 366 g/mol. The predicted octanol–water partition coefficient (Wildman–Crippen LogP) is 2.59. The minimum atomic E-state index is -0.0870. The average Bonchev–Trinajstić information content (AvgIpc) is 2.75. The number of aromatic nitrogens is 4. The van der Waals surface area contributed by atoms with Crippen molar-refractivity contribution in [1.82, 2.24) is 24.8 Å². The normalized spacial score (nSPS) is 14.0. The molecule has 1 saturated heterocycles. The molecule has 3 heterocycles. The largest absolute Gasteiger partial charge is 0.340 e. The van der Waals surface area contributed by atoms with Gasteiger partial charge in [0.2, 0.25) is 5.95 Å². The maximum absolute atomic E-state index is 13.0. The summed E-state index contributed by atoms with van der Waals surface area (Å²) in [6, 6.07) is 11.5. The number of benzene rings is 1. The molecule has 0 spiro atoms. The summed E-state index contributed by atoms with van der Waals surface area (Å²) in [6.45, 7) is 6.41. The first-order chi connectivity index (χ1) is 14.1. The van der Waals surface area contributed by atoms with Gasteiger partial charge in [0.1, 0.15) is 17.3 Å². The van der Waals surface area contributed by atoms with Crippen LogP contribution in [0.5, 0.6) is 0 Å². The van der Waals surface area contributed by atoms with Crippen molar-refractivity contribution < 1.29 is 4.79 Å². The summed E-state index contributed by atoms with van der Waals surface area (Å²) >= 11 is 0. The molecule has 0 atom stereocenters. The molecule has 0 bridgehead atoms. The van der Waals surface area contributed by atoms with Gasteiger partial charge in [-0.15, -0.1) is 0 Å². The third-order valence-corrected chi connectivity index (χ3v) is 4.78. The second kappa shape index (κ2) is 8.22. The zero-order valence-corrected chi connectivity index (χ0v) is 16.5. The van der Waals surface area contributed by atoms with Gasteiger partial charge in [0.25, 0.3) is 5.91 Å². The van der Waals surface area contributed by atoms with Crippen LogP contribution in [-0.2, 0) is 0 Å². The van der Waals surface area contributed by atoms with Gasteiger partial charge in [0.15, 0.2) is 0 Å². The summed E-state index contributed by atoms with van der Waals surface area (Å²) < 4.78 is 0. The summed E-state index contributed by atoms with van der Waals surface area (Å²) in [5.41, 5.74) is 2.51. The summed E-state index contributed by atoms with van der Waals surface area (Å²) in [6.07, 6.45) is 3.46. The summed E-state index contributed by atoms with van der Waals surface area (Å²) in [5, 5.41) is 3.25. The van der Waals surface area contributed by atoms with Crippen LogP contribution in [0.1, 0.15) is 21.9 Å². The average molecular weight is 389 g/mol. The van der Waals surface area contributed by atoms with Gasteiger partial charge in [0.05, 0.1) is 0 Å². The van der Waals surface area contributed by atoms with Crippen molar-refractivity contribution in [2.45, 2.75) is 13.8 Å². The molecule has 1 fully saturated rings. The number of amides is 1. The Morgan fingerprint density at radius 3 is 2.34 bits per heavy atom. The van der Waals surface area contributed by atoms with E-state index in [1.807, 2.05) is 36.1 Å². The van der Waals surface area contributed by atoms with Crippen LogP contribution in [0.2, 0.25) is 0 Å². The molecule has 8 heteroatoms. The van der Waals surface area contributed by atoms with E-state index in [-0.39, 0.29) is 5.91 Å². The lowest BCUT2D eigenvalue weighted by Crippen LogP contribution is -2.49. The Morgan fingerprint density at radius 2 is 1.66 bits per heavy atom. The van der Waals surface area contributed by atoms with E-state index in [1.165, 1.54) is 5.56 Å². The summed E-state index contributed by atoms with van der Waals surface area (Å²) in [5.74, 6) is 1.78. The van der Waals surface area contributed by atoms with E-state index < -0.39 is 0 Å². The van der Waals surface area contributed by atoms with Crippen LogP contribution in [0.15, 0.2) is 48.8 Å². The zero-order valence-electron chi connectivity index (χ0n) is 16.5. The van der Waals surface area contributed by atoms with Crippen LogP contribution in [0, 0.1) is 13.8 Å². The topological polar surface area (TPSA) is 87.1 Å². The highest BCUT2D eigenvalue weighted by Gasteiger charge is 2.24. The van der Waals surface area contributed by atoms with Crippen molar-refractivity contribution >= 4 is 23.4 Å². The van der Waals surface area contributed by atoms with E-state index in [9.17, 15) is 4.79 Å². The number of nitrogens with zero attached hydrogens (tertiary/aromatic N) is 6. The minimum Gasteiger partial charge on any atom is -0.340 e. The van der Waals surface area contributed by atoms with Gasteiger partial charge >= 0.3 is 0 Å². The van der Waals surface area contributed by atoms with E-state index in [0.29, 0.717) is 49.5 Å². The van der Waals surface area contributed by atoms with E-state index in [2.05, 4.69) is 30.2 Å². The van der Waals surface area contributed by atoms with Crippen molar-refractivity contribution in [2.75, 3.05) is 36.4 Å². The fraction of sp³-hybridized carbons (Fsp3) is 0.286. The minimum absolute atomic E-state index is 0.0870. The molecule has 1 N–H and O–H groups in total. The Balaban J connectivity index is 1.45. The fourth-order valence-electron chi connectivity index (χ4n) is 3.25. The number of aryl methyl sites for hydroxylation is 2. The molecule has 3 aromatic rings. The number of hydrogen-bond donors (Lipinski definition) is 1. The number of nitrogens with one attached hydrogen (secondary N) is 1. The lowest BCUT2D eigenvalue weighted by molar-refractivity contribution is 0.0740. The van der Waals surface area contributed by atoms with Crippen LogP contribution >= 0.6 is 0 Å². The first-order valence-corrected chi connectivity index (χ1v) is 9.59. The highest BCUT2D eigenvalue weighted by Crippen LogP contribution is 2.18. The van der Waals surface area contributed by atoms with E-state index >= 15 is 0 Å². The van der Waals surface area contributed by atoms with Crippen molar-refractivity contribution in [2.24, 2.45) is 0 Å². The number of anilines is 3. The number of rotatable bonds is 4. The van der Waals surface area contributed by atoms with E-state index in [0.717, 1.165) is 5.69 Å². The molecule has 2 aromatic heterocycles. The lowest BCUT2D eigenvalue weighted by Gasteiger charge is -2.34. The quantitative estimate of drug-likeness (QED) is 0.734. The Hall–Kier alpha value is -3.55. The zero-order chi connectivity index (χ0) is 20.2. The van der Waals surface area contributed by atoms with Gasteiger partial charge in [0, 0.05) is 50.3 Å². The SMILES string of the molecule is Cc1ccc(Nc2cc(C(=O)N3CCN(c4ncccn4)CC3)nc(C)n2)cc1. The Bertz CT molecular complexity index is 984. The van der Waals surface area contributed by atoms with Crippen molar-refractivity contribution in [3.8, 4) is 0 Å². The molecule has 29 heavy (non-hydrogen) atoms. The Labute approximate surface area is 169 Å². The van der Waals surface area contributed by atoms with Gasteiger partial charge in [-0.3, -0.25) is 4.79 Å². The van der Waals surface area contributed by atoms with E-state index in [4.69, 9.17) is 0 Å². The lowest BCUT2D eigenvalue weighted by atomic mass is 10.2. The van der Waals surface area contributed by atoms with Crippen LogP contribution in [0.3, 0.4) is 0 Å². The van der Waals surface area contributed by atoms with Gasteiger partial charge in [-0.2, -0.15) is 0 Å². The fourth-order valence-corrected chi connectivity index (χ4v) is 3.25. The molecule has 0 saturated carbocycles. The van der Waals surface area contributed by atoms with Crippen LogP contribution in [-0.4, -0.2) is 56.9 Å². The second-order valence-corrected chi connectivity index (χ2v) is 7.00. The maximum Gasteiger partial charge on any atom is 0.272 e. The second-order valence-electron chi connectivity index (χ2n) is 7.00. The molecule has 4 rings (SSSR count). The predicted molar refractivity (Wildman–Crippen MR) is 111 cm³/mol. The van der Waals surface area contributed by atoms with Gasteiger partial charge in [-0.05, 0) is 32.0 Å². The van der Waals surface area contributed by atoms with E-state index in [1.54, 1.807) is 31.5 Å². The molecule has 0 aliphatic carbocycles. The van der Waals surface area contributed by atoms with Crippen molar-refractivity contribution in [1.29, 1.82) is 0 Å². The molecule has 0 unspecified atom stereocenters. The molecule has 148 valence electrons. The smallest absolute Gasteiger partial charge is 0.272 e. The van der Waals surface area contributed by atoms with Crippen molar-refractivity contribution in [3.05, 3.63) is 65.9 Å². The monoisotopic (exact) mass is 389 g/mol. The Morgan fingerprint density at radius 1 is 0.966 bits per heavy atom. The Kier molecular flexibility index (Phi) is 5.33. The number of piperazine rings is 1. The summed E-state index contributed by atoms with van der Waals surface area (Å²) in [7, 11) is 0. The van der Waals surface area contributed by atoms with Gasteiger partial charge < -0.3 is 15.1 Å². The first-order valence-electron chi connectivity index (χ1n) is 9.59. The first kappa shape index (κ1) is 18.8. The van der Waals surface area contributed by atoms with Crippen LogP contribution in [0.4, 0.5) is 17.5 Å². The number of carbonyl (C=O) groups is 1. The molecule has 1 amide bonds. The third kappa shape index (κ3) is 4.48. The summed E-state index contributed by atoms with van der Waals surface area (Å²) in [4.78, 5) is 34.2. The maximum atomic E-state index is 13.0. The third-order valence-electron chi connectivity index (χ3n) is 4.78. The molecule has 8 nitrogen and oxygen atoms in total. The van der Waals surface area contributed by atoms with Gasteiger partial charge in [-0.1, -0.05) is 17.7 Å². The van der Waals surface area contributed by atoms with Crippen LogP contribution < -0.4 is 10.2 Å². The molecule has 0 radical (unpaired) electrons. The standard InChI is InChI=1S/C21H23N7O/c1-15-4-6-17(7-5-15)26-19-14-18(24-16(2)25-19)20(29)27-10-12-28(13-11-27)21-22-8-3-9-23-21/h3-9,14H,10-13H2,1-2H3,(H,24,25,26). The number of carbonyl (C=O) groups excluding carboxylic acids is 1. The van der Waals surface area contributed by atoms with Crippen LogP contribution in [0.25, 0.3) is 0 Å². The highest BCUT2D eigenvalue weighted by atomic mass is 16.2. The van der Waals surface area contributed by atoms with Gasteiger partial charge in [-0.25, -0.2) is 19.9 Å². The highest BCUT2D eigenvalue weighted by molar-refractivity contribution is 5.93. The number of hydrogen-bond acceptors (Lipinski definition) is 7.